The minimum absolute atomic E-state index is 0.328. The maximum Gasteiger partial charge on any atom is 0.0542 e. The first-order chi connectivity index (χ1) is 10.1. The molecule has 114 valence electrons. The minimum Gasteiger partial charge on any atom is -0.310 e. The number of nitrogens with zero attached hydrogens (tertiary/aromatic N) is 2. The summed E-state index contributed by atoms with van der Waals surface area (Å²) in [5, 5.41) is 8.68. The second-order valence-corrected chi connectivity index (χ2v) is 6.73. The Hall–Kier alpha value is -0.590. The van der Waals surface area contributed by atoms with Gasteiger partial charge in [0.05, 0.1) is 5.02 Å². The van der Waals surface area contributed by atoms with Gasteiger partial charge in [-0.05, 0) is 72.2 Å². The monoisotopic (exact) mass is 417 g/mol. The summed E-state index contributed by atoms with van der Waals surface area (Å²) in [7, 11) is 1.99. The van der Waals surface area contributed by atoms with Gasteiger partial charge in [0.25, 0.3) is 0 Å². The van der Waals surface area contributed by atoms with Crippen LogP contribution < -0.4 is 5.32 Å². The summed E-state index contributed by atoms with van der Waals surface area (Å²) in [6, 6.07) is 8.75. The van der Waals surface area contributed by atoms with Gasteiger partial charge in [0.15, 0.2) is 0 Å². The first-order valence-electron chi connectivity index (χ1n) is 7.27. The first kappa shape index (κ1) is 16.8. The Morgan fingerprint density at radius 3 is 2.81 bits per heavy atom. The Morgan fingerprint density at radius 2 is 2.19 bits per heavy atom. The summed E-state index contributed by atoms with van der Waals surface area (Å²) in [6.07, 6.45) is 5.02. The fourth-order valence-corrected chi connectivity index (χ4v) is 2.90. The highest BCUT2D eigenvalue weighted by Gasteiger charge is 2.13. The molecule has 0 aliphatic heterocycles. The number of halogens is 2. The molecule has 5 heteroatoms. The SMILES string of the molecule is CCCNC(CCc1ccnn1C)c1ccc(I)c(Cl)c1. The maximum absolute atomic E-state index is 6.27. The number of hydrogen-bond acceptors (Lipinski definition) is 2. The Kier molecular flexibility index (Phi) is 6.51. The van der Waals surface area contributed by atoms with E-state index >= 15 is 0 Å². The summed E-state index contributed by atoms with van der Waals surface area (Å²) in [5.74, 6) is 0. The normalized spacial score (nSPS) is 12.6. The molecule has 0 saturated heterocycles. The van der Waals surface area contributed by atoms with E-state index in [9.17, 15) is 0 Å². The van der Waals surface area contributed by atoms with Crippen molar-refractivity contribution in [3.63, 3.8) is 0 Å². The fourth-order valence-electron chi connectivity index (χ4n) is 2.37. The van der Waals surface area contributed by atoms with Gasteiger partial charge in [-0.2, -0.15) is 5.10 Å². The van der Waals surface area contributed by atoms with Crippen LogP contribution in [0, 0.1) is 3.57 Å². The van der Waals surface area contributed by atoms with Crippen LogP contribution in [0.25, 0.3) is 0 Å². The lowest BCUT2D eigenvalue weighted by Gasteiger charge is -2.19. The summed E-state index contributed by atoms with van der Waals surface area (Å²) in [5.41, 5.74) is 2.52. The number of benzene rings is 1. The minimum atomic E-state index is 0.328. The van der Waals surface area contributed by atoms with Crippen LogP contribution in [0.1, 0.15) is 37.1 Å². The van der Waals surface area contributed by atoms with Crippen molar-refractivity contribution < 1.29 is 0 Å². The predicted molar refractivity (Wildman–Crippen MR) is 96.7 cm³/mol. The lowest BCUT2D eigenvalue weighted by atomic mass is 10.0. The molecule has 0 aliphatic rings. The van der Waals surface area contributed by atoms with Crippen molar-refractivity contribution >= 4 is 34.2 Å². The zero-order chi connectivity index (χ0) is 15.2. The van der Waals surface area contributed by atoms with Gasteiger partial charge in [-0.25, -0.2) is 0 Å². The van der Waals surface area contributed by atoms with E-state index in [2.05, 4.69) is 64.2 Å². The molecule has 0 spiro atoms. The highest BCUT2D eigenvalue weighted by Crippen LogP contribution is 2.25. The van der Waals surface area contributed by atoms with Crippen molar-refractivity contribution in [2.24, 2.45) is 7.05 Å². The van der Waals surface area contributed by atoms with Crippen LogP contribution in [0.4, 0.5) is 0 Å². The first-order valence-corrected chi connectivity index (χ1v) is 8.72. The third kappa shape index (κ3) is 4.69. The molecule has 0 radical (unpaired) electrons. The summed E-state index contributed by atoms with van der Waals surface area (Å²) < 4.78 is 3.04. The Bertz CT molecular complexity index is 583. The van der Waals surface area contributed by atoms with Crippen molar-refractivity contribution in [1.29, 1.82) is 0 Å². The number of hydrogen-bond donors (Lipinski definition) is 1. The number of rotatable bonds is 7. The molecule has 3 nitrogen and oxygen atoms in total. The second kappa shape index (κ2) is 8.15. The number of aromatic nitrogens is 2. The highest BCUT2D eigenvalue weighted by molar-refractivity contribution is 14.1. The third-order valence-corrected chi connectivity index (χ3v) is 5.17. The molecule has 21 heavy (non-hydrogen) atoms. The fraction of sp³-hybridized carbons (Fsp3) is 0.438. The van der Waals surface area contributed by atoms with E-state index in [4.69, 9.17) is 11.6 Å². The molecule has 0 amide bonds. The van der Waals surface area contributed by atoms with Gasteiger partial charge in [-0.15, -0.1) is 0 Å². The van der Waals surface area contributed by atoms with E-state index in [-0.39, 0.29) is 0 Å². The van der Waals surface area contributed by atoms with Crippen LogP contribution in [0.2, 0.25) is 5.02 Å². The highest BCUT2D eigenvalue weighted by atomic mass is 127. The van der Waals surface area contributed by atoms with Gasteiger partial charge >= 0.3 is 0 Å². The smallest absolute Gasteiger partial charge is 0.0542 e. The molecule has 2 rings (SSSR count). The lowest BCUT2D eigenvalue weighted by Crippen LogP contribution is -2.23. The van der Waals surface area contributed by atoms with Crippen molar-refractivity contribution in [2.45, 2.75) is 32.2 Å². The van der Waals surface area contributed by atoms with Gasteiger partial charge in [0.1, 0.15) is 0 Å². The molecule has 2 aromatic rings. The van der Waals surface area contributed by atoms with Gasteiger partial charge in [0, 0.05) is 28.6 Å². The Balaban J connectivity index is 2.09. The van der Waals surface area contributed by atoms with E-state index in [0.717, 1.165) is 34.4 Å². The summed E-state index contributed by atoms with van der Waals surface area (Å²) >= 11 is 8.53. The van der Waals surface area contributed by atoms with Crippen LogP contribution in [0.3, 0.4) is 0 Å². The zero-order valence-electron chi connectivity index (χ0n) is 12.4. The van der Waals surface area contributed by atoms with Crippen molar-refractivity contribution in [3.05, 3.63) is 50.3 Å². The molecule has 1 atom stereocenters. The molecule has 0 fully saturated rings. The Labute approximate surface area is 145 Å². The van der Waals surface area contributed by atoms with Crippen LogP contribution in [-0.2, 0) is 13.5 Å². The quantitative estimate of drug-likeness (QED) is 0.679. The predicted octanol–water partition coefficient (Wildman–Crippen LogP) is 4.35. The molecule has 1 heterocycles. The van der Waals surface area contributed by atoms with E-state index in [1.807, 2.05) is 17.9 Å². The average Bonchev–Trinajstić information content (AvgIpc) is 2.88. The number of nitrogens with one attached hydrogen (secondary N) is 1. The molecule has 1 N–H and O–H groups in total. The third-order valence-electron chi connectivity index (χ3n) is 3.60. The topological polar surface area (TPSA) is 29.9 Å². The number of aryl methyl sites for hydroxylation is 2. The lowest BCUT2D eigenvalue weighted by molar-refractivity contribution is 0.491. The molecular formula is C16H21ClIN3. The van der Waals surface area contributed by atoms with Crippen molar-refractivity contribution in [1.82, 2.24) is 15.1 Å². The zero-order valence-corrected chi connectivity index (χ0v) is 15.4. The largest absolute Gasteiger partial charge is 0.310 e. The van der Waals surface area contributed by atoms with E-state index in [1.165, 1.54) is 11.3 Å². The second-order valence-electron chi connectivity index (χ2n) is 5.17. The molecule has 1 unspecified atom stereocenters. The van der Waals surface area contributed by atoms with E-state index in [1.54, 1.807) is 0 Å². The maximum atomic E-state index is 6.27. The summed E-state index contributed by atoms with van der Waals surface area (Å²) in [6.45, 7) is 3.20. The molecule has 0 saturated carbocycles. The summed E-state index contributed by atoms with van der Waals surface area (Å²) in [4.78, 5) is 0. The van der Waals surface area contributed by atoms with Gasteiger partial charge < -0.3 is 5.32 Å². The molecule has 0 aliphatic carbocycles. The Morgan fingerprint density at radius 1 is 1.38 bits per heavy atom. The van der Waals surface area contributed by atoms with Crippen LogP contribution in [0.15, 0.2) is 30.5 Å². The standard InChI is InChI=1S/C16H21ClIN3/c1-3-9-19-16(7-5-13-8-10-20-21(13)2)12-4-6-15(18)14(17)11-12/h4,6,8,10-11,16,19H,3,5,7,9H2,1-2H3. The van der Waals surface area contributed by atoms with Gasteiger partial charge in [0.2, 0.25) is 0 Å². The van der Waals surface area contributed by atoms with Crippen molar-refractivity contribution in [2.75, 3.05) is 6.54 Å². The average molecular weight is 418 g/mol. The molecule has 0 bridgehead atoms. The van der Waals surface area contributed by atoms with E-state index < -0.39 is 0 Å². The molecule has 1 aromatic carbocycles. The van der Waals surface area contributed by atoms with Crippen molar-refractivity contribution in [3.8, 4) is 0 Å². The molecular weight excluding hydrogens is 397 g/mol. The van der Waals surface area contributed by atoms with E-state index in [0.29, 0.717) is 6.04 Å². The van der Waals surface area contributed by atoms with Crippen LogP contribution in [-0.4, -0.2) is 16.3 Å². The van der Waals surface area contributed by atoms with Crippen LogP contribution in [0.5, 0.6) is 0 Å². The molecule has 1 aromatic heterocycles. The van der Waals surface area contributed by atoms with Gasteiger partial charge in [-0.1, -0.05) is 24.6 Å². The van der Waals surface area contributed by atoms with Gasteiger partial charge in [-0.3, -0.25) is 4.68 Å². The van der Waals surface area contributed by atoms with Crippen LogP contribution >= 0.6 is 34.2 Å².